The molecule has 0 aliphatic carbocycles. The minimum absolute atomic E-state index is 0.0240. The maximum absolute atomic E-state index is 13.1. The molecule has 142 valence electrons. The molecule has 1 atom stereocenters. The van der Waals surface area contributed by atoms with Crippen LogP contribution >= 0.6 is 0 Å². The van der Waals surface area contributed by atoms with E-state index in [9.17, 15) is 18.8 Å². The molecule has 26 heavy (non-hydrogen) atoms. The molecule has 0 saturated carbocycles. The van der Waals surface area contributed by atoms with E-state index >= 15 is 0 Å². The number of hydrogen-bond acceptors (Lipinski definition) is 4. The van der Waals surface area contributed by atoms with Crippen LogP contribution in [0.1, 0.15) is 44.6 Å². The van der Waals surface area contributed by atoms with Gasteiger partial charge in [-0.25, -0.2) is 4.39 Å². The Morgan fingerprint density at radius 1 is 1.23 bits per heavy atom. The first-order chi connectivity index (χ1) is 12.5. The van der Waals surface area contributed by atoms with Gasteiger partial charge in [-0.3, -0.25) is 14.4 Å². The molecule has 1 heterocycles. The molecule has 1 saturated heterocycles. The number of halogens is 1. The number of ether oxygens (including phenoxy) is 1. The van der Waals surface area contributed by atoms with E-state index in [0.717, 1.165) is 18.4 Å². The standard InChI is InChI=1S/C19H25FN2O4/c1-2-26-18(24)11-10-17(23)22(13-14-6-8-15(20)9-7-14)16-5-3-4-12-21-19(16)25/h6-9,16H,2-5,10-13H2,1H3,(H,21,25). The molecule has 0 bridgehead atoms. The molecule has 1 aromatic rings. The van der Waals surface area contributed by atoms with Gasteiger partial charge in [0.15, 0.2) is 0 Å². The summed E-state index contributed by atoms with van der Waals surface area (Å²) in [5.74, 6) is -1.27. The van der Waals surface area contributed by atoms with Gasteiger partial charge in [-0.2, -0.15) is 0 Å². The lowest BCUT2D eigenvalue weighted by Gasteiger charge is -2.30. The molecule has 2 amide bonds. The summed E-state index contributed by atoms with van der Waals surface area (Å²) >= 11 is 0. The Balaban J connectivity index is 2.13. The van der Waals surface area contributed by atoms with Gasteiger partial charge < -0.3 is 15.0 Å². The van der Waals surface area contributed by atoms with E-state index < -0.39 is 12.0 Å². The van der Waals surface area contributed by atoms with E-state index in [-0.39, 0.29) is 43.6 Å². The normalized spacial score (nSPS) is 17.2. The number of hydrogen-bond donors (Lipinski definition) is 1. The predicted octanol–water partition coefficient (Wildman–Crippen LogP) is 2.17. The number of rotatable bonds is 7. The largest absolute Gasteiger partial charge is 0.466 e. The van der Waals surface area contributed by atoms with Crippen LogP contribution in [0.5, 0.6) is 0 Å². The Labute approximate surface area is 152 Å². The molecule has 1 N–H and O–H groups in total. The van der Waals surface area contributed by atoms with E-state index in [2.05, 4.69) is 5.32 Å². The fourth-order valence-electron chi connectivity index (χ4n) is 2.97. The first kappa shape index (κ1) is 19.9. The average molecular weight is 364 g/mol. The second-order valence-electron chi connectivity index (χ2n) is 6.26. The van der Waals surface area contributed by atoms with Crippen LogP contribution in [0.3, 0.4) is 0 Å². The van der Waals surface area contributed by atoms with Gasteiger partial charge in [-0.15, -0.1) is 0 Å². The van der Waals surface area contributed by atoms with Crippen molar-refractivity contribution in [2.75, 3.05) is 13.2 Å². The van der Waals surface area contributed by atoms with Crippen LogP contribution in [-0.4, -0.2) is 41.9 Å². The number of carbonyl (C=O) groups is 3. The van der Waals surface area contributed by atoms with Crippen molar-refractivity contribution < 1.29 is 23.5 Å². The Bertz CT molecular complexity index is 633. The van der Waals surface area contributed by atoms with Crippen LogP contribution in [0.2, 0.25) is 0 Å². The Morgan fingerprint density at radius 2 is 1.96 bits per heavy atom. The summed E-state index contributed by atoms with van der Waals surface area (Å²) in [6.45, 7) is 2.75. The monoisotopic (exact) mass is 364 g/mol. The molecule has 1 unspecified atom stereocenters. The van der Waals surface area contributed by atoms with Gasteiger partial charge in [0.25, 0.3) is 0 Å². The molecule has 0 radical (unpaired) electrons. The third-order valence-corrected chi connectivity index (χ3v) is 4.32. The molecular weight excluding hydrogens is 339 g/mol. The fraction of sp³-hybridized carbons (Fsp3) is 0.526. The molecule has 1 aliphatic rings. The van der Waals surface area contributed by atoms with E-state index in [1.165, 1.54) is 17.0 Å². The first-order valence-corrected chi connectivity index (χ1v) is 8.98. The van der Waals surface area contributed by atoms with Crippen molar-refractivity contribution in [1.82, 2.24) is 10.2 Å². The van der Waals surface area contributed by atoms with Crippen LogP contribution in [0.4, 0.5) is 4.39 Å². The maximum Gasteiger partial charge on any atom is 0.306 e. The summed E-state index contributed by atoms with van der Waals surface area (Å²) in [4.78, 5) is 38.2. The molecule has 6 nitrogen and oxygen atoms in total. The number of esters is 1. The number of nitrogens with zero attached hydrogens (tertiary/aromatic N) is 1. The number of nitrogens with one attached hydrogen (secondary N) is 1. The van der Waals surface area contributed by atoms with Gasteiger partial charge in [-0.1, -0.05) is 12.1 Å². The van der Waals surface area contributed by atoms with Crippen LogP contribution in [0.15, 0.2) is 24.3 Å². The number of benzene rings is 1. The zero-order valence-electron chi connectivity index (χ0n) is 15.0. The van der Waals surface area contributed by atoms with Gasteiger partial charge in [0.1, 0.15) is 11.9 Å². The van der Waals surface area contributed by atoms with Crippen molar-refractivity contribution in [3.8, 4) is 0 Å². The van der Waals surface area contributed by atoms with Crippen molar-refractivity contribution >= 4 is 17.8 Å². The highest BCUT2D eigenvalue weighted by Crippen LogP contribution is 2.18. The van der Waals surface area contributed by atoms with Crippen LogP contribution in [0.25, 0.3) is 0 Å². The van der Waals surface area contributed by atoms with Gasteiger partial charge in [0.2, 0.25) is 11.8 Å². The maximum atomic E-state index is 13.1. The van der Waals surface area contributed by atoms with Gasteiger partial charge >= 0.3 is 5.97 Å². The Hall–Kier alpha value is -2.44. The molecule has 0 spiro atoms. The molecule has 1 aromatic carbocycles. The van der Waals surface area contributed by atoms with Gasteiger partial charge in [0.05, 0.1) is 13.0 Å². The molecule has 0 aromatic heterocycles. The zero-order valence-corrected chi connectivity index (χ0v) is 15.0. The molecule has 2 rings (SSSR count). The highest BCUT2D eigenvalue weighted by atomic mass is 19.1. The lowest BCUT2D eigenvalue weighted by molar-refractivity contribution is -0.147. The Kier molecular flexibility index (Phi) is 7.56. The summed E-state index contributed by atoms with van der Waals surface area (Å²) in [5, 5.41) is 2.83. The van der Waals surface area contributed by atoms with Crippen LogP contribution in [-0.2, 0) is 25.7 Å². The van der Waals surface area contributed by atoms with Gasteiger partial charge in [0, 0.05) is 19.5 Å². The van der Waals surface area contributed by atoms with Crippen LogP contribution < -0.4 is 5.32 Å². The van der Waals surface area contributed by atoms with Crippen molar-refractivity contribution in [2.24, 2.45) is 0 Å². The number of carbonyl (C=O) groups excluding carboxylic acids is 3. The third-order valence-electron chi connectivity index (χ3n) is 4.32. The lowest BCUT2D eigenvalue weighted by atomic mass is 10.1. The van der Waals surface area contributed by atoms with Gasteiger partial charge in [-0.05, 0) is 43.9 Å². The van der Waals surface area contributed by atoms with Crippen molar-refractivity contribution in [3.05, 3.63) is 35.6 Å². The molecule has 7 heteroatoms. The summed E-state index contributed by atoms with van der Waals surface area (Å²) in [7, 11) is 0. The topological polar surface area (TPSA) is 75.7 Å². The van der Waals surface area contributed by atoms with Crippen molar-refractivity contribution in [1.29, 1.82) is 0 Å². The average Bonchev–Trinajstić information content (AvgIpc) is 2.84. The minimum Gasteiger partial charge on any atom is -0.466 e. The first-order valence-electron chi connectivity index (χ1n) is 8.98. The molecule has 1 fully saturated rings. The fourth-order valence-corrected chi connectivity index (χ4v) is 2.97. The summed E-state index contributed by atoms with van der Waals surface area (Å²) in [6.07, 6.45) is 2.21. The third kappa shape index (κ3) is 5.82. The lowest BCUT2D eigenvalue weighted by Crippen LogP contribution is -2.48. The summed E-state index contributed by atoms with van der Waals surface area (Å²) < 4.78 is 18.0. The SMILES string of the molecule is CCOC(=O)CCC(=O)N(Cc1ccc(F)cc1)C1CCCCNC1=O. The Morgan fingerprint density at radius 3 is 2.65 bits per heavy atom. The minimum atomic E-state index is -0.586. The second-order valence-corrected chi connectivity index (χ2v) is 6.26. The second kappa shape index (κ2) is 9.89. The number of amides is 2. The van der Waals surface area contributed by atoms with E-state index in [1.807, 2.05) is 0 Å². The summed E-state index contributed by atoms with van der Waals surface area (Å²) in [5.41, 5.74) is 0.730. The van der Waals surface area contributed by atoms with Crippen molar-refractivity contribution in [2.45, 2.75) is 51.6 Å². The van der Waals surface area contributed by atoms with E-state index in [0.29, 0.717) is 13.0 Å². The quantitative estimate of drug-likeness (QED) is 0.753. The van der Waals surface area contributed by atoms with Crippen molar-refractivity contribution in [3.63, 3.8) is 0 Å². The smallest absolute Gasteiger partial charge is 0.306 e. The molecular formula is C19H25FN2O4. The van der Waals surface area contributed by atoms with Crippen LogP contribution in [0, 0.1) is 5.82 Å². The molecule has 1 aliphatic heterocycles. The predicted molar refractivity (Wildman–Crippen MR) is 93.5 cm³/mol. The zero-order chi connectivity index (χ0) is 18.9. The highest BCUT2D eigenvalue weighted by Gasteiger charge is 2.30. The highest BCUT2D eigenvalue weighted by molar-refractivity contribution is 5.89. The summed E-state index contributed by atoms with van der Waals surface area (Å²) in [6, 6.07) is 5.25. The van der Waals surface area contributed by atoms with E-state index in [4.69, 9.17) is 4.74 Å². The van der Waals surface area contributed by atoms with E-state index in [1.54, 1.807) is 19.1 Å².